The van der Waals surface area contributed by atoms with Crippen LogP contribution in [0.25, 0.3) is 0 Å². The van der Waals surface area contributed by atoms with E-state index in [2.05, 4.69) is 5.32 Å². The van der Waals surface area contributed by atoms with Gasteiger partial charge in [-0.25, -0.2) is 9.59 Å². The minimum absolute atomic E-state index is 0.107. The number of cyclic esters (lactones) is 1. The Balaban J connectivity index is 1.33. The molecule has 1 aromatic carbocycles. The second kappa shape index (κ2) is 6.86. The van der Waals surface area contributed by atoms with Crippen LogP contribution >= 0.6 is 11.6 Å². The zero-order valence-electron chi connectivity index (χ0n) is 15.0. The Morgan fingerprint density at radius 3 is 2.69 bits per heavy atom. The molecule has 7 nitrogen and oxygen atoms in total. The zero-order valence-corrected chi connectivity index (χ0v) is 15.8. The first-order valence-corrected chi connectivity index (χ1v) is 9.43. The minimum atomic E-state index is -4.47. The van der Waals surface area contributed by atoms with Crippen LogP contribution in [-0.2, 0) is 10.9 Å². The van der Waals surface area contributed by atoms with Crippen molar-refractivity contribution in [2.75, 3.05) is 13.2 Å². The molecule has 3 fully saturated rings. The second-order valence-corrected chi connectivity index (χ2v) is 8.15. The van der Waals surface area contributed by atoms with Gasteiger partial charge in [0.25, 0.3) is 0 Å². The Hall–Kier alpha value is -2.36. The minimum Gasteiger partial charge on any atom is -0.489 e. The summed E-state index contributed by atoms with van der Waals surface area (Å²) < 4.78 is 48.8. The number of benzene rings is 1. The zero-order chi connectivity index (χ0) is 21.0. The molecular formula is C18H18ClF3N2O5. The lowest BCUT2D eigenvalue weighted by atomic mass is 9.70. The van der Waals surface area contributed by atoms with Gasteiger partial charge in [-0.2, -0.15) is 13.2 Å². The normalized spacial score (nSPS) is 31.0. The van der Waals surface area contributed by atoms with Gasteiger partial charge in [-0.15, -0.1) is 0 Å². The average Bonchev–Trinajstić information content (AvgIpc) is 2.98. The number of carbonyl (C=O) groups is 2. The van der Waals surface area contributed by atoms with E-state index in [1.165, 1.54) is 11.0 Å². The van der Waals surface area contributed by atoms with Crippen LogP contribution in [0, 0.1) is 5.92 Å². The third-order valence-corrected chi connectivity index (χ3v) is 6.12. The number of alkyl halides is 3. The molecule has 2 heterocycles. The number of nitrogens with zero attached hydrogens (tertiary/aromatic N) is 1. The summed E-state index contributed by atoms with van der Waals surface area (Å²) in [6.45, 7) is 0.320. The lowest BCUT2D eigenvalue weighted by Crippen LogP contribution is -2.76. The number of nitrogens with one attached hydrogen (secondary N) is 1. The number of rotatable bonds is 4. The SMILES string of the molecule is O=C1NC2(CO1)CN(C(=O)O)C2C[C@H]1C[C@@H](Oc2ccc(C(F)(F)F)cc2Cl)C1. The summed E-state index contributed by atoms with van der Waals surface area (Å²) in [7, 11) is 0. The molecule has 29 heavy (non-hydrogen) atoms. The number of halogens is 4. The molecule has 1 spiro atoms. The maximum Gasteiger partial charge on any atom is 0.416 e. The molecule has 158 valence electrons. The Labute approximate surface area is 168 Å². The highest BCUT2D eigenvalue weighted by molar-refractivity contribution is 6.32. The van der Waals surface area contributed by atoms with Gasteiger partial charge in [-0.3, -0.25) is 0 Å². The summed E-state index contributed by atoms with van der Waals surface area (Å²) in [5.41, 5.74) is -1.52. The van der Waals surface area contributed by atoms with Gasteiger partial charge in [0.2, 0.25) is 0 Å². The van der Waals surface area contributed by atoms with Crippen molar-refractivity contribution in [3.8, 4) is 5.75 Å². The molecule has 0 radical (unpaired) electrons. The van der Waals surface area contributed by atoms with Crippen LogP contribution in [-0.4, -0.2) is 53.0 Å². The van der Waals surface area contributed by atoms with Crippen LogP contribution < -0.4 is 10.1 Å². The topological polar surface area (TPSA) is 88.1 Å². The number of hydrogen-bond donors (Lipinski definition) is 2. The lowest BCUT2D eigenvalue weighted by Gasteiger charge is -2.54. The fraction of sp³-hybridized carbons (Fsp3) is 0.556. The highest BCUT2D eigenvalue weighted by Gasteiger charge is 2.60. The fourth-order valence-electron chi connectivity index (χ4n) is 4.22. The van der Waals surface area contributed by atoms with Gasteiger partial charge in [0, 0.05) is 0 Å². The summed E-state index contributed by atoms with van der Waals surface area (Å²) >= 11 is 5.91. The van der Waals surface area contributed by atoms with Crippen molar-refractivity contribution in [3.63, 3.8) is 0 Å². The van der Waals surface area contributed by atoms with Crippen molar-refractivity contribution >= 4 is 23.8 Å². The predicted molar refractivity (Wildman–Crippen MR) is 93.9 cm³/mol. The van der Waals surface area contributed by atoms with E-state index in [-0.39, 0.29) is 42.0 Å². The van der Waals surface area contributed by atoms with E-state index in [9.17, 15) is 27.9 Å². The maximum atomic E-state index is 12.7. The Bertz CT molecular complexity index is 845. The Morgan fingerprint density at radius 2 is 2.14 bits per heavy atom. The Kier molecular flexibility index (Phi) is 4.71. The number of amides is 2. The van der Waals surface area contributed by atoms with E-state index in [1.54, 1.807) is 0 Å². The van der Waals surface area contributed by atoms with Gasteiger partial charge in [0.15, 0.2) is 0 Å². The van der Waals surface area contributed by atoms with Crippen molar-refractivity contribution in [1.29, 1.82) is 0 Å². The van der Waals surface area contributed by atoms with Crippen LogP contribution in [0.1, 0.15) is 24.8 Å². The van der Waals surface area contributed by atoms with Crippen molar-refractivity contribution in [1.82, 2.24) is 10.2 Å². The number of ether oxygens (including phenoxy) is 2. The number of alkyl carbamates (subject to hydrolysis) is 1. The van der Waals surface area contributed by atoms with Gasteiger partial charge in [-0.1, -0.05) is 11.6 Å². The number of carboxylic acid groups (broad SMARTS) is 1. The molecule has 0 aromatic heterocycles. The molecule has 0 bridgehead atoms. The van der Waals surface area contributed by atoms with Gasteiger partial charge < -0.3 is 24.8 Å². The van der Waals surface area contributed by atoms with Crippen LogP contribution in [0.4, 0.5) is 22.8 Å². The fourth-order valence-corrected chi connectivity index (χ4v) is 4.45. The maximum absolute atomic E-state index is 12.7. The molecule has 2 aliphatic heterocycles. The number of likely N-dealkylation sites (tertiary alicyclic amines) is 1. The van der Waals surface area contributed by atoms with Crippen molar-refractivity contribution < 1.29 is 37.3 Å². The summed E-state index contributed by atoms with van der Waals surface area (Å²) in [5.74, 6) is 0.349. The van der Waals surface area contributed by atoms with E-state index in [4.69, 9.17) is 21.1 Å². The first-order chi connectivity index (χ1) is 13.6. The number of carbonyl (C=O) groups excluding carboxylic acids is 1. The molecule has 2 N–H and O–H groups in total. The third kappa shape index (κ3) is 3.65. The molecule has 2 unspecified atom stereocenters. The molecule has 1 aromatic rings. The van der Waals surface area contributed by atoms with Gasteiger partial charge in [-0.05, 0) is 43.4 Å². The average molecular weight is 435 g/mol. The van der Waals surface area contributed by atoms with Crippen LogP contribution in [0.15, 0.2) is 18.2 Å². The van der Waals surface area contributed by atoms with Gasteiger partial charge in [0.05, 0.1) is 29.3 Å². The monoisotopic (exact) mass is 434 g/mol. The molecule has 1 saturated carbocycles. The summed E-state index contributed by atoms with van der Waals surface area (Å²) in [5, 5.41) is 11.9. The second-order valence-electron chi connectivity index (χ2n) is 7.74. The first-order valence-electron chi connectivity index (χ1n) is 9.05. The largest absolute Gasteiger partial charge is 0.489 e. The molecule has 11 heteroatoms. The molecule has 3 aliphatic rings. The van der Waals surface area contributed by atoms with E-state index in [0.29, 0.717) is 19.3 Å². The van der Waals surface area contributed by atoms with Gasteiger partial charge in [0.1, 0.15) is 17.9 Å². The number of hydrogen-bond acceptors (Lipinski definition) is 4. The molecule has 2 atom stereocenters. The first kappa shape index (κ1) is 19.9. The van der Waals surface area contributed by atoms with Crippen LogP contribution in [0.2, 0.25) is 5.02 Å². The van der Waals surface area contributed by atoms with Crippen LogP contribution in [0.3, 0.4) is 0 Å². The molecule has 1 aliphatic carbocycles. The quantitative estimate of drug-likeness (QED) is 0.753. The van der Waals surface area contributed by atoms with E-state index < -0.39 is 29.5 Å². The van der Waals surface area contributed by atoms with Crippen LogP contribution in [0.5, 0.6) is 5.75 Å². The van der Waals surface area contributed by atoms with Crippen molar-refractivity contribution in [2.24, 2.45) is 5.92 Å². The molecule has 4 rings (SSSR count). The molecule has 2 amide bonds. The standard InChI is InChI=1S/C18H18ClF3N2O5/c19-12-6-10(18(20,21)22)1-2-13(12)29-11-3-9(4-11)5-14-17(7-24(14)16(26)27)8-28-15(25)23-17/h1-2,6,9,11,14H,3-5,7-8H2,(H,23,25)(H,26,27)/t9-,11+,14?,17?. The summed E-state index contributed by atoms with van der Waals surface area (Å²) in [6.07, 6.45) is -4.51. The lowest BCUT2D eigenvalue weighted by molar-refractivity contribution is -0.137. The highest BCUT2D eigenvalue weighted by Crippen LogP contribution is 2.43. The molecule has 2 saturated heterocycles. The van der Waals surface area contributed by atoms with Crippen molar-refractivity contribution in [2.45, 2.75) is 43.1 Å². The van der Waals surface area contributed by atoms with E-state index in [0.717, 1.165) is 12.1 Å². The predicted octanol–water partition coefficient (Wildman–Crippen LogP) is 3.75. The van der Waals surface area contributed by atoms with Crippen molar-refractivity contribution in [3.05, 3.63) is 28.8 Å². The highest BCUT2D eigenvalue weighted by atomic mass is 35.5. The molecular weight excluding hydrogens is 417 g/mol. The summed E-state index contributed by atoms with van der Waals surface area (Å²) in [4.78, 5) is 24.1. The van der Waals surface area contributed by atoms with E-state index in [1.807, 2.05) is 0 Å². The third-order valence-electron chi connectivity index (χ3n) is 5.83. The smallest absolute Gasteiger partial charge is 0.416 e. The summed E-state index contributed by atoms with van der Waals surface area (Å²) in [6, 6.07) is 2.57. The van der Waals surface area contributed by atoms with E-state index >= 15 is 0 Å². The Morgan fingerprint density at radius 1 is 1.41 bits per heavy atom. The van der Waals surface area contributed by atoms with Gasteiger partial charge >= 0.3 is 18.4 Å².